The maximum atomic E-state index is 12.2. The van der Waals surface area contributed by atoms with Crippen molar-refractivity contribution in [1.82, 2.24) is 0 Å². The van der Waals surface area contributed by atoms with Gasteiger partial charge in [0.05, 0.1) is 11.3 Å². The second kappa shape index (κ2) is 8.59. The summed E-state index contributed by atoms with van der Waals surface area (Å²) in [4.78, 5) is 49.0. The summed E-state index contributed by atoms with van der Waals surface area (Å²) in [6.45, 7) is -3.54. The van der Waals surface area contributed by atoms with Gasteiger partial charge in [-0.25, -0.2) is 4.79 Å². The zero-order chi connectivity index (χ0) is 21.0. The lowest BCUT2D eigenvalue weighted by Gasteiger charge is -2.14. The second-order valence-electron chi connectivity index (χ2n) is 6.08. The quantitative estimate of drug-likeness (QED) is 0.401. The van der Waals surface area contributed by atoms with Crippen LogP contribution in [0, 0.1) is 0 Å². The molecule has 0 N–H and O–H groups in total. The fourth-order valence-electron chi connectivity index (χ4n) is 2.76. The minimum absolute atomic E-state index is 0.0727. The van der Waals surface area contributed by atoms with Gasteiger partial charge in [0.15, 0.2) is 12.4 Å². The predicted molar refractivity (Wildman–Crippen MR) is 95.9 cm³/mol. The van der Waals surface area contributed by atoms with Gasteiger partial charge in [-0.3, -0.25) is 19.3 Å². The standard InChI is InChI=1S/C20H15F2NO6/c21-20(22)29-15-6-4-12(5-7-15)16(24)11-28-19(27)13-2-1-3-14(10-13)23-17(25)8-9-18(23)26/h1-7,10,20H,8-9,11H2. The van der Waals surface area contributed by atoms with Crippen LogP contribution in [-0.4, -0.2) is 36.8 Å². The van der Waals surface area contributed by atoms with E-state index >= 15 is 0 Å². The van der Waals surface area contributed by atoms with Crippen molar-refractivity contribution < 1.29 is 37.4 Å². The number of anilines is 1. The van der Waals surface area contributed by atoms with Crippen molar-refractivity contribution >= 4 is 29.3 Å². The number of hydrogen-bond donors (Lipinski definition) is 0. The van der Waals surface area contributed by atoms with E-state index in [4.69, 9.17) is 4.74 Å². The number of esters is 1. The number of Topliss-reactive ketones (excluding diaryl/α,β-unsaturated/α-hetero) is 1. The van der Waals surface area contributed by atoms with E-state index in [-0.39, 0.29) is 47.2 Å². The lowest BCUT2D eigenvalue weighted by molar-refractivity contribution is -0.121. The fraction of sp³-hybridized carbons (Fsp3) is 0.200. The molecule has 3 rings (SSSR count). The lowest BCUT2D eigenvalue weighted by Crippen LogP contribution is -2.28. The Kier molecular flexibility index (Phi) is 5.96. The van der Waals surface area contributed by atoms with Gasteiger partial charge < -0.3 is 9.47 Å². The van der Waals surface area contributed by atoms with Crippen molar-refractivity contribution in [3.05, 3.63) is 59.7 Å². The van der Waals surface area contributed by atoms with Crippen molar-refractivity contribution in [1.29, 1.82) is 0 Å². The zero-order valence-electron chi connectivity index (χ0n) is 15.0. The average molecular weight is 403 g/mol. The highest BCUT2D eigenvalue weighted by Crippen LogP contribution is 2.23. The number of benzene rings is 2. The predicted octanol–water partition coefficient (Wildman–Crippen LogP) is 2.98. The third-order valence-electron chi connectivity index (χ3n) is 4.13. The lowest BCUT2D eigenvalue weighted by atomic mass is 10.1. The summed E-state index contributed by atoms with van der Waals surface area (Å²) < 4.78 is 33.4. The van der Waals surface area contributed by atoms with Crippen LogP contribution >= 0.6 is 0 Å². The first-order chi connectivity index (χ1) is 13.8. The van der Waals surface area contributed by atoms with Crippen molar-refractivity contribution in [2.45, 2.75) is 19.5 Å². The SMILES string of the molecule is O=C(COC(=O)c1cccc(N2C(=O)CCC2=O)c1)c1ccc(OC(F)F)cc1. The minimum Gasteiger partial charge on any atom is -0.454 e. The molecule has 1 saturated heterocycles. The number of ether oxygens (including phenoxy) is 2. The van der Waals surface area contributed by atoms with E-state index in [2.05, 4.69) is 4.74 Å². The van der Waals surface area contributed by atoms with E-state index in [9.17, 15) is 28.0 Å². The van der Waals surface area contributed by atoms with Gasteiger partial charge >= 0.3 is 12.6 Å². The van der Waals surface area contributed by atoms with Crippen molar-refractivity contribution in [3.63, 3.8) is 0 Å². The van der Waals surface area contributed by atoms with Crippen molar-refractivity contribution in [3.8, 4) is 5.75 Å². The van der Waals surface area contributed by atoms with Gasteiger partial charge in [-0.05, 0) is 42.5 Å². The summed E-state index contributed by atoms with van der Waals surface area (Å²) in [5.74, 6) is -2.15. The molecular weight excluding hydrogens is 388 g/mol. The molecular formula is C20H15F2NO6. The Balaban J connectivity index is 1.62. The van der Waals surface area contributed by atoms with Crippen LogP contribution in [0.5, 0.6) is 5.75 Å². The van der Waals surface area contributed by atoms with Gasteiger partial charge in [0.1, 0.15) is 5.75 Å². The molecule has 0 bridgehead atoms. The Morgan fingerprint density at radius 2 is 1.62 bits per heavy atom. The van der Waals surface area contributed by atoms with Crippen LogP contribution in [0.1, 0.15) is 33.6 Å². The van der Waals surface area contributed by atoms with E-state index in [0.29, 0.717) is 0 Å². The van der Waals surface area contributed by atoms with E-state index in [1.165, 1.54) is 48.5 Å². The summed E-state index contributed by atoms with van der Waals surface area (Å²) in [5, 5.41) is 0. The van der Waals surface area contributed by atoms with Gasteiger partial charge in [-0.2, -0.15) is 8.78 Å². The molecule has 0 atom stereocenters. The number of nitrogens with zero attached hydrogens (tertiary/aromatic N) is 1. The van der Waals surface area contributed by atoms with Gasteiger partial charge in [-0.1, -0.05) is 6.07 Å². The molecule has 1 aliphatic rings. The number of alkyl halides is 2. The molecule has 9 heteroatoms. The smallest absolute Gasteiger partial charge is 0.387 e. The highest BCUT2D eigenvalue weighted by molar-refractivity contribution is 6.20. The third-order valence-corrected chi connectivity index (χ3v) is 4.13. The molecule has 0 aliphatic carbocycles. The van der Waals surface area contributed by atoms with Crippen LogP contribution < -0.4 is 9.64 Å². The van der Waals surface area contributed by atoms with E-state index < -0.39 is 25.0 Å². The van der Waals surface area contributed by atoms with E-state index in [1.54, 1.807) is 0 Å². The van der Waals surface area contributed by atoms with E-state index in [1.807, 2.05) is 0 Å². The summed E-state index contributed by atoms with van der Waals surface area (Å²) in [7, 11) is 0. The third kappa shape index (κ3) is 4.81. The molecule has 0 unspecified atom stereocenters. The molecule has 2 aromatic rings. The van der Waals surface area contributed by atoms with Gasteiger partial charge in [0, 0.05) is 18.4 Å². The van der Waals surface area contributed by atoms with Crippen LogP contribution in [0.4, 0.5) is 14.5 Å². The van der Waals surface area contributed by atoms with Crippen LogP contribution in [0.2, 0.25) is 0 Å². The number of carbonyl (C=O) groups is 4. The molecule has 0 spiro atoms. The monoisotopic (exact) mass is 403 g/mol. The van der Waals surface area contributed by atoms with Crippen LogP contribution in [-0.2, 0) is 14.3 Å². The number of rotatable bonds is 7. The second-order valence-corrected chi connectivity index (χ2v) is 6.08. The first-order valence-corrected chi connectivity index (χ1v) is 8.56. The van der Waals surface area contributed by atoms with Crippen molar-refractivity contribution in [2.24, 2.45) is 0 Å². The zero-order valence-corrected chi connectivity index (χ0v) is 15.0. The summed E-state index contributed by atoms with van der Waals surface area (Å²) >= 11 is 0. The number of imide groups is 1. The Morgan fingerprint density at radius 1 is 0.966 bits per heavy atom. The summed E-state index contributed by atoms with van der Waals surface area (Å²) in [5.41, 5.74) is 0.484. The first kappa shape index (κ1) is 20.1. The molecule has 150 valence electrons. The molecule has 1 aliphatic heterocycles. The molecule has 0 saturated carbocycles. The van der Waals surface area contributed by atoms with Crippen LogP contribution in [0.15, 0.2) is 48.5 Å². The maximum Gasteiger partial charge on any atom is 0.387 e. The Hall–Kier alpha value is -3.62. The highest BCUT2D eigenvalue weighted by Gasteiger charge is 2.30. The number of hydrogen-bond acceptors (Lipinski definition) is 6. The maximum absolute atomic E-state index is 12.2. The Morgan fingerprint density at radius 3 is 2.24 bits per heavy atom. The molecule has 0 aromatic heterocycles. The molecule has 29 heavy (non-hydrogen) atoms. The topological polar surface area (TPSA) is 90.0 Å². The van der Waals surface area contributed by atoms with Gasteiger partial charge in [0.2, 0.25) is 11.8 Å². The van der Waals surface area contributed by atoms with Crippen molar-refractivity contribution in [2.75, 3.05) is 11.5 Å². The summed E-state index contributed by atoms with van der Waals surface area (Å²) in [6.07, 6.45) is 0.228. The summed E-state index contributed by atoms with van der Waals surface area (Å²) in [6, 6.07) is 10.7. The van der Waals surface area contributed by atoms with Crippen LogP contribution in [0.25, 0.3) is 0 Å². The largest absolute Gasteiger partial charge is 0.454 e. The molecule has 2 aromatic carbocycles. The molecule has 2 amide bonds. The Labute approximate surface area is 163 Å². The van der Waals surface area contributed by atoms with E-state index in [0.717, 1.165) is 4.90 Å². The minimum atomic E-state index is -2.97. The van der Waals surface area contributed by atoms with Gasteiger partial charge in [0.25, 0.3) is 0 Å². The molecule has 0 radical (unpaired) electrons. The Bertz CT molecular complexity index is 942. The number of carbonyl (C=O) groups excluding carboxylic acids is 4. The van der Waals surface area contributed by atoms with Crippen LogP contribution in [0.3, 0.4) is 0 Å². The number of halogens is 2. The molecule has 1 fully saturated rings. The molecule has 1 heterocycles. The fourth-order valence-corrected chi connectivity index (χ4v) is 2.76. The highest BCUT2D eigenvalue weighted by atomic mass is 19.3. The molecule has 7 nitrogen and oxygen atoms in total. The first-order valence-electron chi connectivity index (χ1n) is 8.56. The number of amides is 2. The normalized spacial score (nSPS) is 13.7. The average Bonchev–Trinajstić information content (AvgIpc) is 3.04. The van der Waals surface area contributed by atoms with Gasteiger partial charge in [-0.15, -0.1) is 0 Å². The number of ketones is 1.